The molecular formula is C21H28N2O2. The van der Waals surface area contributed by atoms with Gasteiger partial charge in [0.2, 0.25) is 0 Å². The number of aromatic nitrogens is 2. The summed E-state index contributed by atoms with van der Waals surface area (Å²) in [5.74, 6) is 0.746. The van der Waals surface area contributed by atoms with E-state index in [1.807, 2.05) is 58.2 Å². The third kappa shape index (κ3) is 5.31. The zero-order chi connectivity index (χ0) is 18.4. The molecule has 1 aromatic carbocycles. The van der Waals surface area contributed by atoms with Crippen LogP contribution in [0.25, 0.3) is 6.08 Å². The van der Waals surface area contributed by atoms with E-state index in [0.717, 1.165) is 24.5 Å². The Morgan fingerprint density at radius 3 is 2.44 bits per heavy atom. The Morgan fingerprint density at radius 2 is 1.88 bits per heavy atom. The SMILES string of the molecule is CC/C(=C\c1cnc(CC)n1Cc1ccccc1)C(=O)OC(C)(C)C. The van der Waals surface area contributed by atoms with Gasteiger partial charge in [-0.3, -0.25) is 0 Å². The maximum absolute atomic E-state index is 12.4. The summed E-state index contributed by atoms with van der Waals surface area (Å²) in [7, 11) is 0. The van der Waals surface area contributed by atoms with Gasteiger partial charge in [-0.05, 0) is 38.8 Å². The monoisotopic (exact) mass is 340 g/mol. The Labute approximate surface area is 150 Å². The Bertz CT molecular complexity index is 737. The fourth-order valence-electron chi connectivity index (χ4n) is 2.60. The van der Waals surface area contributed by atoms with Crippen molar-refractivity contribution >= 4 is 12.0 Å². The number of hydrogen-bond donors (Lipinski definition) is 0. The van der Waals surface area contributed by atoms with Crippen LogP contribution in [0.1, 0.15) is 58.1 Å². The van der Waals surface area contributed by atoms with Crippen LogP contribution in [0.5, 0.6) is 0 Å². The van der Waals surface area contributed by atoms with Gasteiger partial charge in [-0.2, -0.15) is 0 Å². The zero-order valence-corrected chi connectivity index (χ0v) is 15.9. The third-order valence-corrected chi connectivity index (χ3v) is 3.83. The molecule has 4 nitrogen and oxygen atoms in total. The van der Waals surface area contributed by atoms with Crippen LogP contribution in [0.2, 0.25) is 0 Å². The highest BCUT2D eigenvalue weighted by Crippen LogP contribution is 2.18. The van der Waals surface area contributed by atoms with E-state index in [1.54, 1.807) is 0 Å². The summed E-state index contributed by atoms with van der Waals surface area (Å²) in [6, 6.07) is 10.3. The molecule has 0 atom stereocenters. The number of carbonyl (C=O) groups excluding carboxylic acids is 1. The van der Waals surface area contributed by atoms with Gasteiger partial charge in [0.25, 0.3) is 0 Å². The number of nitrogens with zero attached hydrogens (tertiary/aromatic N) is 2. The highest BCUT2D eigenvalue weighted by Gasteiger charge is 2.19. The summed E-state index contributed by atoms with van der Waals surface area (Å²) in [5, 5.41) is 0. The smallest absolute Gasteiger partial charge is 0.334 e. The van der Waals surface area contributed by atoms with Crippen molar-refractivity contribution in [1.82, 2.24) is 9.55 Å². The standard InChI is InChI=1S/C21H28N2O2/c1-6-17(20(24)25-21(3,4)5)13-18-14-22-19(7-2)23(18)15-16-11-9-8-10-12-16/h8-14H,6-7,15H2,1-5H3/b17-13+. The summed E-state index contributed by atoms with van der Waals surface area (Å²) in [4.78, 5) is 16.9. The number of esters is 1. The van der Waals surface area contributed by atoms with E-state index in [0.29, 0.717) is 12.0 Å². The summed E-state index contributed by atoms with van der Waals surface area (Å²) in [6.07, 6.45) is 5.20. The molecule has 2 aromatic rings. The molecular weight excluding hydrogens is 312 g/mol. The van der Waals surface area contributed by atoms with Crippen molar-refractivity contribution in [1.29, 1.82) is 0 Å². The first kappa shape index (κ1) is 19.0. The number of imidazole rings is 1. The zero-order valence-electron chi connectivity index (χ0n) is 15.9. The molecule has 1 aromatic heterocycles. The molecule has 134 valence electrons. The number of aryl methyl sites for hydroxylation is 1. The topological polar surface area (TPSA) is 44.1 Å². The maximum Gasteiger partial charge on any atom is 0.334 e. The molecule has 0 N–H and O–H groups in total. The lowest BCUT2D eigenvalue weighted by atomic mass is 10.1. The van der Waals surface area contributed by atoms with E-state index in [2.05, 4.69) is 28.6 Å². The van der Waals surface area contributed by atoms with Gasteiger partial charge in [0, 0.05) is 18.5 Å². The van der Waals surface area contributed by atoms with E-state index < -0.39 is 5.60 Å². The average molecular weight is 340 g/mol. The molecule has 1 heterocycles. The van der Waals surface area contributed by atoms with Gasteiger partial charge < -0.3 is 9.30 Å². The van der Waals surface area contributed by atoms with Crippen LogP contribution in [0.3, 0.4) is 0 Å². The minimum absolute atomic E-state index is 0.263. The predicted molar refractivity (Wildman–Crippen MR) is 101 cm³/mol. The van der Waals surface area contributed by atoms with Crippen molar-refractivity contribution < 1.29 is 9.53 Å². The molecule has 0 radical (unpaired) electrons. The number of ether oxygens (including phenoxy) is 1. The van der Waals surface area contributed by atoms with Crippen LogP contribution >= 0.6 is 0 Å². The normalized spacial score (nSPS) is 12.3. The molecule has 0 aliphatic heterocycles. The quantitative estimate of drug-likeness (QED) is 0.569. The highest BCUT2D eigenvalue weighted by atomic mass is 16.6. The first-order chi connectivity index (χ1) is 11.8. The van der Waals surface area contributed by atoms with E-state index in [4.69, 9.17) is 4.74 Å². The second-order valence-corrected chi connectivity index (χ2v) is 7.05. The largest absolute Gasteiger partial charge is 0.457 e. The first-order valence-corrected chi connectivity index (χ1v) is 8.86. The number of hydrogen-bond acceptors (Lipinski definition) is 3. The minimum Gasteiger partial charge on any atom is -0.457 e. The van der Waals surface area contributed by atoms with Gasteiger partial charge in [0.05, 0.1) is 11.9 Å². The molecule has 0 saturated carbocycles. The maximum atomic E-state index is 12.4. The van der Waals surface area contributed by atoms with Crippen LogP contribution in [-0.4, -0.2) is 21.1 Å². The summed E-state index contributed by atoms with van der Waals surface area (Å²) in [5.41, 5.74) is 2.31. The highest BCUT2D eigenvalue weighted by molar-refractivity contribution is 5.93. The molecule has 4 heteroatoms. The van der Waals surface area contributed by atoms with Gasteiger partial charge in [-0.25, -0.2) is 9.78 Å². The third-order valence-electron chi connectivity index (χ3n) is 3.83. The Balaban J connectivity index is 2.34. The molecule has 0 saturated heterocycles. The molecule has 0 aliphatic rings. The van der Waals surface area contributed by atoms with Crippen molar-refractivity contribution in [2.45, 2.75) is 59.6 Å². The van der Waals surface area contributed by atoms with Crippen LogP contribution in [0.15, 0.2) is 42.1 Å². The average Bonchev–Trinajstić information content (AvgIpc) is 2.93. The van der Waals surface area contributed by atoms with Crippen LogP contribution < -0.4 is 0 Å². The van der Waals surface area contributed by atoms with Crippen LogP contribution in [-0.2, 0) is 22.5 Å². The predicted octanol–water partition coefficient (Wildman–Crippen LogP) is 4.63. The van der Waals surface area contributed by atoms with Gasteiger partial charge in [-0.15, -0.1) is 0 Å². The van der Waals surface area contributed by atoms with Crippen molar-refractivity contribution in [3.63, 3.8) is 0 Å². The fraction of sp³-hybridized carbons (Fsp3) is 0.429. The summed E-state index contributed by atoms with van der Waals surface area (Å²) in [6.45, 7) is 10.4. The molecule has 0 amide bonds. The van der Waals surface area contributed by atoms with E-state index in [1.165, 1.54) is 5.56 Å². The van der Waals surface area contributed by atoms with E-state index in [9.17, 15) is 4.79 Å². The van der Waals surface area contributed by atoms with E-state index >= 15 is 0 Å². The van der Waals surface area contributed by atoms with Gasteiger partial charge >= 0.3 is 5.97 Å². The van der Waals surface area contributed by atoms with Gasteiger partial charge in [0.15, 0.2) is 0 Å². The summed E-state index contributed by atoms with van der Waals surface area (Å²) >= 11 is 0. The van der Waals surface area contributed by atoms with Gasteiger partial charge in [-0.1, -0.05) is 44.2 Å². The lowest BCUT2D eigenvalue weighted by Crippen LogP contribution is -2.24. The number of benzene rings is 1. The Hall–Kier alpha value is -2.36. The van der Waals surface area contributed by atoms with E-state index in [-0.39, 0.29) is 5.97 Å². The molecule has 0 fully saturated rings. The first-order valence-electron chi connectivity index (χ1n) is 8.86. The Morgan fingerprint density at radius 1 is 1.20 bits per heavy atom. The molecule has 0 spiro atoms. The second-order valence-electron chi connectivity index (χ2n) is 7.05. The summed E-state index contributed by atoms with van der Waals surface area (Å²) < 4.78 is 7.68. The lowest BCUT2D eigenvalue weighted by Gasteiger charge is -2.20. The minimum atomic E-state index is -0.496. The molecule has 2 rings (SSSR count). The van der Waals surface area contributed by atoms with Crippen molar-refractivity contribution in [2.24, 2.45) is 0 Å². The molecule has 0 bridgehead atoms. The second kappa shape index (κ2) is 8.15. The molecule has 0 aliphatic carbocycles. The lowest BCUT2D eigenvalue weighted by molar-refractivity contribution is -0.149. The molecule has 0 unspecified atom stereocenters. The van der Waals surface area contributed by atoms with Crippen LogP contribution in [0.4, 0.5) is 0 Å². The number of rotatable bonds is 6. The van der Waals surface area contributed by atoms with Gasteiger partial charge in [0.1, 0.15) is 11.4 Å². The van der Waals surface area contributed by atoms with Crippen molar-refractivity contribution in [3.8, 4) is 0 Å². The Kier molecular flexibility index (Phi) is 6.18. The van der Waals surface area contributed by atoms with Crippen LogP contribution in [0, 0.1) is 0 Å². The fourth-order valence-corrected chi connectivity index (χ4v) is 2.60. The van der Waals surface area contributed by atoms with Crippen molar-refractivity contribution in [2.75, 3.05) is 0 Å². The molecule has 25 heavy (non-hydrogen) atoms. The number of carbonyl (C=O) groups is 1. The van der Waals surface area contributed by atoms with Crippen molar-refractivity contribution in [3.05, 3.63) is 59.2 Å².